The number of thioether (sulfide) groups is 1. The summed E-state index contributed by atoms with van der Waals surface area (Å²) in [6, 6.07) is 8.54. The van der Waals surface area contributed by atoms with Crippen LogP contribution >= 0.6 is 34.4 Å². The molecule has 5 rings (SSSR count). The van der Waals surface area contributed by atoms with Gasteiger partial charge in [0.05, 0.1) is 18.4 Å². The number of carbonyl (C=O) groups excluding carboxylic acids is 2. The minimum absolute atomic E-state index is 0.162. The van der Waals surface area contributed by atoms with Gasteiger partial charge in [-0.15, -0.1) is 32.9 Å². The van der Waals surface area contributed by atoms with E-state index in [9.17, 15) is 9.59 Å². The molecule has 1 N–H and O–H groups in total. The molecule has 0 radical (unpaired) electrons. The SMILES string of the molecule is CCn1c(SCC(=O)Nc2sc3c(c2C(=O)OC)CCCCC3)nnc1-c1csc(C)c1-c1ccc(C)cc1. The van der Waals surface area contributed by atoms with Crippen molar-refractivity contribution in [3.63, 3.8) is 0 Å². The molecule has 1 aromatic carbocycles. The normalized spacial score (nSPS) is 13.1. The molecule has 3 aromatic heterocycles. The molecule has 0 spiro atoms. The predicted octanol–water partition coefficient (Wildman–Crippen LogP) is 7.16. The summed E-state index contributed by atoms with van der Waals surface area (Å²) in [5, 5.41) is 15.4. The third-order valence-electron chi connectivity index (χ3n) is 6.99. The first-order chi connectivity index (χ1) is 18.9. The van der Waals surface area contributed by atoms with Gasteiger partial charge in [0.2, 0.25) is 5.91 Å². The van der Waals surface area contributed by atoms with Gasteiger partial charge in [-0.3, -0.25) is 4.79 Å². The molecule has 1 aliphatic rings. The number of thiophene rings is 2. The van der Waals surface area contributed by atoms with Crippen LogP contribution in [0.1, 0.15) is 57.4 Å². The summed E-state index contributed by atoms with van der Waals surface area (Å²) >= 11 is 4.56. The van der Waals surface area contributed by atoms with Gasteiger partial charge in [-0.1, -0.05) is 48.0 Å². The van der Waals surface area contributed by atoms with E-state index in [2.05, 4.69) is 70.5 Å². The molecule has 0 fully saturated rings. The first kappa shape index (κ1) is 27.6. The number of aryl methyl sites for hydroxylation is 3. The first-order valence-corrected chi connectivity index (χ1v) is 15.8. The highest BCUT2D eigenvalue weighted by molar-refractivity contribution is 7.99. The summed E-state index contributed by atoms with van der Waals surface area (Å²) in [5.74, 6) is 0.397. The molecule has 0 atom stereocenters. The lowest BCUT2D eigenvalue weighted by Crippen LogP contribution is -2.16. The van der Waals surface area contributed by atoms with Crippen molar-refractivity contribution in [3.05, 3.63) is 56.1 Å². The molecular weight excluding hydrogens is 549 g/mol. The maximum absolute atomic E-state index is 13.0. The largest absolute Gasteiger partial charge is 0.465 e. The Morgan fingerprint density at radius 3 is 2.62 bits per heavy atom. The van der Waals surface area contributed by atoms with E-state index in [1.54, 1.807) is 11.3 Å². The number of amides is 1. The molecule has 204 valence electrons. The molecule has 1 aliphatic carbocycles. The summed E-state index contributed by atoms with van der Waals surface area (Å²) in [6.45, 7) is 6.95. The molecule has 0 saturated heterocycles. The van der Waals surface area contributed by atoms with Crippen molar-refractivity contribution in [1.82, 2.24) is 14.8 Å². The van der Waals surface area contributed by atoms with Gasteiger partial charge in [0.25, 0.3) is 0 Å². The fraction of sp³-hybridized carbons (Fsp3) is 0.379. The molecule has 7 nitrogen and oxygen atoms in total. The number of aromatic nitrogens is 3. The molecule has 0 bridgehead atoms. The van der Waals surface area contributed by atoms with Crippen molar-refractivity contribution in [1.29, 1.82) is 0 Å². The third kappa shape index (κ3) is 5.69. The van der Waals surface area contributed by atoms with Crippen molar-refractivity contribution < 1.29 is 14.3 Å². The van der Waals surface area contributed by atoms with Crippen LogP contribution in [0.5, 0.6) is 0 Å². The Morgan fingerprint density at radius 1 is 1.10 bits per heavy atom. The number of anilines is 1. The monoisotopic (exact) mass is 580 g/mol. The number of fused-ring (bicyclic) bond motifs is 1. The topological polar surface area (TPSA) is 86.1 Å². The number of carbonyl (C=O) groups is 2. The van der Waals surface area contributed by atoms with Crippen molar-refractivity contribution in [2.75, 3.05) is 18.2 Å². The lowest BCUT2D eigenvalue weighted by Gasteiger charge is -2.10. The number of esters is 1. The number of nitrogens with one attached hydrogen (secondary N) is 1. The summed E-state index contributed by atoms with van der Waals surface area (Å²) < 4.78 is 7.13. The number of benzene rings is 1. The Morgan fingerprint density at radius 2 is 1.87 bits per heavy atom. The van der Waals surface area contributed by atoms with E-state index < -0.39 is 0 Å². The Balaban J connectivity index is 1.35. The van der Waals surface area contributed by atoms with Crippen LogP contribution in [0.2, 0.25) is 0 Å². The molecule has 4 aromatic rings. The zero-order valence-corrected chi connectivity index (χ0v) is 25.1. The average Bonchev–Trinajstić information content (AvgIpc) is 3.57. The minimum Gasteiger partial charge on any atom is -0.465 e. The number of methoxy groups -OCH3 is 1. The zero-order chi connectivity index (χ0) is 27.5. The number of hydrogen-bond acceptors (Lipinski definition) is 8. The van der Waals surface area contributed by atoms with Crippen LogP contribution in [-0.2, 0) is 28.9 Å². The molecule has 39 heavy (non-hydrogen) atoms. The van der Waals surface area contributed by atoms with Crippen molar-refractivity contribution in [3.8, 4) is 22.5 Å². The van der Waals surface area contributed by atoms with Gasteiger partial charge >= 0.3 is 5.97 Å². The van der Waals surface area contributed by atoms with Crippen molar-refractivity contribution >= 4 is 51.3 Å². The Hall–Kier alpha value is -2.95. The lowest BCUT2D eigenvalue weighted by atomic mass is 10.0. The highest BCUT2D eigenvalue weighted by atomic mass is 32.2. The van der Waals surface area contributed by atoms with Gasteiger partial charge in [-0.25, -0.2) is 4.79 Å². The molecule has 1 amide bonds. The second-order valence-corrected chi connectivity index (χ2v) is 12.7. The number of nitrogens with zero attached hydrogens (tertiary/aromatic N) is 3. The summed E-state index contributed by atoms with van der Waals surface area (Å²) in [7, 11) is 1.39. The van der Waals surface area contributed by atoms with E-state index in [-0.39, 0.29) is 17.6 Å². The average molecular weight is 581 g/mol. The zero-order valence-electron chi connectivity index (χ0n) is 22.6. The fourth-order valence-electron chi connectivity index (χ4n) is 5.02. The quantitative estimate of drug-likeness (QED) is 0.135. The smallest absolute Gasteiger partial charge is 0.341 e. The van der Waals surface area contributed by atoms with E-state index in [0.717, 1.165) is 54.6 Å². The molecule has 0 aliphatic heterocycles. The van der Waals surface area contributed by atoms with Crippen LogP contribution in [-0.4, -0.2) is 39.5 Å². The number of ether oxygens (including phenoxy) is 1. The summed E-state index contributed by atoms with van der Waals surface area (Å²) in [5.41, 5.74) is 6.16. The molecule has 0 unspecified atom stereocenters. The van der Waals surface area contributed by atoms with Crippen molar-refractivity contribution in [2.45, 2.75) is 64.6 Å². The van der Waals surface area contributed by atoms with Crippen molar-refractivity contribution in [2.24, 2.45) is 0 Å². The van der Waals surface area contributed by atoms with E-state index in [1.807, 2.05) is 0 Å². The van der Waals surface area contributed by atoms with Gasteiger partial charge < -0.3 is 14.6 Å². The molecular formula is C29H32N4O3S3. The number of hydrogen-bond donors (Lipinski definition) is 1. The van der Waals surface area contributed by atoms with Crippen LogP contribution in [0, 0.1) is 13.8 Å². The van der Waals surface area contributed by atoms with Gasteiger partial charge in [0.1, 0.15) is 5.00 Å². The summed E-state index contributed by atoms with van der Waals surface area (Å²) in [4.78, 5) is 28.1. The van der Waals surface area contributed by atoms with Crippen LogP contribution in [0.25, 0.3) is 22.5 Å². The van der Waals surface area contributed by atoms with Crippen LogP contribution < -0.4 is 5.32 Å². The van der Waals surface area contributed by atoms with Gasteiger partial charge in [0.15, 0.2) is 11.0 Å². The van der Waals surface area contributed by atoms with E-state index in [0.29, 0.717) is 22.3 Å². The minimum atomic E-state index is -0.386. The van der Waals surface area contributed by atoms with E-state index in [1.165, 1.54) is 51.1 Å². The third-order valence-corrected chi connectivity index (χ3v) is 10.1. The second-order valence-electron chi connectivity index (χ2n) is 9.59. The molecule has 10 heteroatoms. The van der Waals surface area contributed by atoms with Gasteiger partial charge in [-0.05, 0) is 57.6 Å². The predicted molar refractivity (Wildman–Crippen MR) is 160 cm³/mol. The van der Waals surface area contributed by atoms with Gasteiger partial charge in [-0.2, -0.15) is 0 Å². The van der Waals surface area contributed by atoms with Gasteiger partial charge in [0, 0.05) is 32.8 Å². The standard InChI is InChI=1S/C29H32N4O3S3/c1-5-33-26(21-15-37-18(3)24(21)19-13-11-17(2)12-14-19)31-32-29(33)38-16-23(34)30-27-25(28(35)36-4)20-9-7-6-8-10-22(20)39-27/h11-15H,5-10,16H2,1-4H3,(H,30,34). The highest BCUT2D eigenvalue weighted by Gasteiger charge is 2.27. The lowest BCUT2D eigenvalue weighted by molar-refractivity contribution is -0.113. The second kappa shape index (κ2) is 12.1. The molecule has 3 heterocycles. The first-order valence-electron chi connectivity index (χ1n) is 13.1. The maximum atomic E-state index is 13.0. The Kier molecular flexibility index (Phi) is 8.54. The Bertz CT molecular complexity index is 1500. The summed E-state index contributed by atoms with van der Waals surface area (Å²) in [6.07, 6.45) is 5.07. The fourth-order valence-corrected chi connectivity index (χ4v) is 7.98. The number of rotatable bonds is 8. The molecule has 0 saturated carbocycles. The van der Waals surface area contributed by atoms with Crippen LogP contribution in [0.4, 0.5) is 5.00 Å². The maximum Gasteiger partial charge on any atom is 0.341 e. The van der Waals surface area contributed by atoms with Crippen LogP contribution in [0.15, 0.2) is 34.8 Å². The van der Waals surface area contributed by atoms with Crippen LogP contribution in [0.3, 0.4) is 0 Å². The Labute approximate surface area is 241 Å². The van der Waals surface area contributed by atoms with E-state index in [4.69, 9.17) is 4.74 Å². The van der Waals surface area contributed by atoms with E-state index >= 15 is 0 Å². The highest BCUT2D eigenvalue weighted by Crippen LogP contribution is 2.40.